The third kappa shape index (κ3) is 3.18. The summed E-state index contributed by atoms with van der Waals surface area (Å²) in [6, 6.07) is 9.40. The largest absolute Gasteiger partial charge is 0.495 e. The summed E-state index contributed by atoms with van der Waals surface area (Å²) in [5.41, 5.74) is 0.896. The molecule has 0 aliphatic heterocycles. The summed E-state index contributed by atoms with van der Waals surface area (Å²) >= 11 is 6.03. The summed E-state index contributed by atoms with van der Waals surface area (Å²) in [4.78, 5) is 10.4. The molecular formula is C14H16ClN3O2. The fourth-order valence-corrected chi connectivity index (χ4v) is 2.04. The van der Waals surface area contributed by atoms with Crippen molar-refractivity contribution in [2.75, 3.05) is 26.2 Å². The van der Waals surface area contributed by atoms with Gasteiger partial charge in [0.2, 0.25) is 0 Å². The van der Waals surface area contributed by atoms with E-state index in [0.29, 0.717) is 23.4 Å². The van der Waals surface area contributed by atoms with Crippen LogP contribution in [0.5, 0.6) is 5.75 Å². The van der Waals surface area contributed by atoms with Gasteiger partial charge in [-0.3, -0.25) is 0 Å². The molecule has 1 heterocycles. The first-order chi connectivity index (χ1) is 9.65. The van der Waals surface area contributed by atoms with Crippen LogP contribution in [0.2, 0.25) is 5.15 Å². The Morgan fingerprint density at radius 3 is 2.65 bits per heavy atom. The SMILES string of the molecule is COCc1nc(Cl)cc(N(C)c2ccccc2OC)n1. The van der Waals surface area contributed by atoms with Gasteiger partial charge in [0.05, 0.1) is 12.8 Å². The maximum absolute atomic E-state index is 6.03. The quantitative estimate of drug-likeness (QED) is 0.793. The number of para-hydroxylation sites is 2. The topological polar surface area (TPSA) is 47.5 Å². The van der Waals surface area contributed by atoms with E-state index in [2.05, 4.69) is 9.97 Å². The summed E-state index contributed by atoms with van der Waals surface area (Å²) in [7, 11) is 5.12. The van der Waals surface area contributed by atoms with Gasteiger partial charge in [-0.05, 0) is 12.1 Å². The zero-order valence-electron chi connectivity index (χ0n) is 11.6. The molecule has 0 unspecified atom stereocenters. The smallest absolute Gasteiger partial charge is 0.158 e. The van der Waals surface area contributed by atoms with E-state index in [1.54, 1.807) is 20.3 Å². The van der Waals surface area contributed by atoms with Gasteiger partial charge in [0, 0.05) is 20.2 Å². The Bertz CT molecular complexity index is 592. The van der Waals surface area contributed by atoms with Crippen LogP contribution in [-0.2, 0) is 11.3 Å². The van der Waals surface area contributed by atoms with Gasteiger partial charge in [0.25, 0.3) is 0 Å². The summed E-state index contributed by atoms with van der Waals surface area (Å²) in [5.74, 6) is 1.98. The summed E-state index contributed by atoms with van der Waals surface area (Å²) < 4.78 is 10.4. The monoisotopic (exact) mass is 293 g/mol. The van der Waals surface area contributed by atoms with E-state index in [-0.39, 0.29) is 0 Å². The number of hydrogen-bond acceptors (Lipinski definition) is 5. The fraction of sp³-hybridized carbons (Fsp3) is 0.286. The number of benzene rings is 1. The molecule has 0 spiro atoms. The third-order valence-corrected chi connectivity index (χ3v) is 2.98. The molecule has 0 aliphatic carbocycles. The number of halogens is 1. The molecule has 0 saturated heterocycles. The second-order valence-corrected chi connectivity index (χ2v) is 4.52. The Balaban J connectivity index is 2.39. The average molecular weight is 294 g/mol. The number of rotatable bonds is 5. The number of aromatic nitrogens is 2. The molecule has 0 aliphatic rings. The molecule has 0 N–H and O–H groups in total. The number of methoxy groups -OCH3 is 2. The summed E-state index contributed by atoms with van der Waals surface area (Å²) in [6.45, 7) is 0.313. The second-order valence-electron chi connectivity index (χ2n) is 4.13. The molecule has 0 radical (unpaired) electrons. The molecule has 0 fully saturated rings. The van der Waals surface area contributed by atoms with Crippen LogP contribution in [0.1, 0.15) is 5.82 Å². The lowest BCUT2D eigenvalue weighted by atomic mass is 10.2. The molecule has 0 atom stereocenters. The molecule has 1 aromatic carbocycles. The zero-order chi connectivity index (χ0) is 14.5. The lowest BCUT2D eigenvalue weighted by Gasteiger charge is -2.21. The molecule has 2 aromatic rings. The van der Waals surface area contributed by atoms with Gasteiger partial charge in [0.15, 0.2) is 5.82 Å². The van der Waals surface area contributed by atoms with Crippen molar-refractivity contribution in [2.45, 2.75) is 6.61 Å². The van der Waals surface area contributed by atoms with E-state index in [9.17, 15) is 0 Å². The molecule has 0 amide bonds. The summed E-state index contributed by atoms with van der Waals surface area (Å²) in [5, 5.41) is 0.379. The number of ether oxygens (including phenoxy) is 2. The number of nitrogens with zero attached hydrogens (tertiary/aromatic N) is 3. The zero-order valence-corrected chi connectivity index (χ0v) is 12.4. The Kier molecular flexibility index (Phi) is 4.76. The van der Waals surface area contributed by atoms with E-state index in [1.807, 2.05) is 36.2 Å². The first-order valence-corrected chi connectivity index (χ1v) is 6.42. The van der Waals surface area contributed by atoms with Crippen molar-refractivity contribution in [2.24, 2.45) is 0 Å². The predicted octanol–water partition coefficient (Wildman–Crippen LogP) is 3.05. The van der Waals surface area contributed by atoms with E-state index in [1.165, 1.54) is 0 Å². The molecule has 1 aromatic heterocycles. The van der Waals surface area contributed by atoms with Crippen molar-refractivity contribution in [1.82, 2.24) is 9.97 Å². The normalized spacial score (nSPS) is 10.4. The van der Waals surface area contributed by atoms with Crippen molar-refractivity contribution >= 4 is 23.1 Å². The number of hydrogen-bond donors (Lipinski definition) is 0. The van der Waals surface area contributed by atoms with Crippen LogP contribution < -0.4 is 9.64 Å². The van der Waals surface area contributed by atoms with Gasteiger partial charge in [-0.25, -0.2) is 9.97 Å². The Labute approximate surface area is 123 Å². The average Bonchev–Trinajstić information content (AvgIpc) is 2.46. The Hall–Kier alpha value is -1.85. The number of anilines is 2. The highest BCUT2D eigenvalue weighted by Crippen LogP contribution is 2.31. The highest BCUT2D eigenvalue weighted by Gasteiger charge is 2.12. The van der Waals surface area contributed by atoms with Crippen molar-refractivity contribution in [1.29, 1.82) is 0 Å². The summed E-state index contributed by atoms with van der Waals surface area (Å²) in [6.07, 6.45) is 0. The van der Waals surface area contributed by atoms with E-state index in [0.717, 1.165) is 11.4 Å². The minimum Gasteiger partial charge on any atom is -0.495 e. The maximum atomic E-state index is 6.03. The van der Waals surface area contributed by atoms with Gasteiger partial charge in [-0.15, -0.1) is 0 Å². The maximum Gasteiger partial charge on any atom is 0.158 e. The van der Waals surface area contributed by atoms with Crippen molar-refractivity contribution in [3.05, 3.63) is 41.3 Å². The standard InChI is InChI=1S/C14H16ClN3O2/c1-18(10-6-4-5-7-11(10)20-3)14-8-12(15)16-13(17-14)9-19-2/h4-8H,9H2,1-3H3. The Morgan fingerprint density at radius 2 is 1.95 bits per heavy atom. The van der Waals surface area contributed by atoms with Crippen LogP contribution in [0.3, 0.4) is 0 Å². The highest BCUT2D eigenvalue weighted by molar-refractivity contribution is 6.29. The van der Waals surface area contributed by atoms with Gasteiger partial charge in [-0.1, -0.05) is 23.7 Å². The molecular weight excluding hydrogens is 278 g/mol. The molecule has 0 bridgehead atoms. The molecule has 5 nitrogen and oxygen atoms in total. The molecule has 106 valence electrons. The van der Waals surface area contributed by atoms with Gasteiger partial charge in [0.1, 0.15) is 23.3 Å². The van der Waals surface area contributed by atoms with Crippen molar-refractivity contribution < 1.29 is 9.47 Å². The van der Waals surface area contributed by atoms with Crippen molar-refractivity contribution in [3.63, 3.8) is 0 Å². The van der Waals surface area contributed by atoms with Crippen LogP contribution in [0.25, 0.3) is 0 Å². The van der Waals surface area contributed by atoms with E-state index >= 15 is 0 Å². The minimum absolute atomic E-state index is 0.313. The van der Waals surface area contributed by atoms with Crippen LogP contribution in [0, 0.1) is 0 Å². The van der Waals surface area contributed by atoms with Crippen LogP contribution >= 0.6 is 11.6 Å². The van der Waals surface area contributed by atoms with E-state index < -0.39 is 0 Å². The van der Waals surface area contributed by atoms with Gasteiger partial charge < -0.3 is 14.4 Å². The lowest BCUT2D eigenvalue weighted by Crippen LogP contribution is -2.14. The second kappa shape index (κ2) is 6.54. The van der Waals surface area contributed by atoms with Crippen LogP contribution in [0.15, 0.2) is 30.3 Å². The molecule has 2 rings (SSSR count). The molecule has 0 saturated carbocycles. The van der Waals surface area contributed by atoms with Crippen LogP contribution in [-0.4, -0.2) is 31.2 Å². The fourth-order valence-electron chi connectivity index (χ4n) is 1.85. The van der Waals surface area contributed by atoms with E-state index in [4.69, 9.17) is 21.1 Å². The Morgan fingerprint density at radius 1 is 1.20 bits per heavy atom. The predicted molar refractivity (Wildman–Crippen MR) is 78.8 cm³/mol. The van der Waals surface area contributed by atoms with Crippen molar-refractivity contribution in [3.8, 4) is 5.75 Å². The first kappa shape index (κ1) is 14.6. The van der Waals surface area contributed by atoms with Gasteiger partial charge >= 0.3 is 0 Å². The molecule has 20 heavy (non-hydrogen) atoms. The van der Waals surface area contributed by atoms with Crippen LogP contribution in [0.4, 0.5) is 11.5 Å². The molecule has 6 heteroatoms. The third-order valence-electron chi connectivity index (χ3n) is 2.79. The van der Waals surface area contributed by atoms with Gasteiger partial charge in [-0.2, -0.15) is 0 Å². The minimum atomic E-state index is 0.313. The first-order valence-electron chi connectivity index (χ1n) is 6.05. The highest BCUT2D eigenvalue weighted by atomic mass is 35.5. The lowest BCUT2D eigenvalue weighted by molar-refractivity contribution is 0.178.